The molecule has 0 nitrogen and oxygen atoms in total. The lowest BCUT2D eigenvalue weighted by atomic mass is 9.52. The molecule has 0 radical (unpaired) electrons. The molecule has 0 unspecified atom stereocenters. The predicted molar refractivity (Wildman–Crippen MR) is 66.4 cm³/mol. The molecule has 0 aromatic rings. The van der Waals surface area contributed by atoms with Crippen LogP contribution in [0.25, 0.3) is 0 Å². The summed E-state index contributed by atoms with van der Waals surface area (Å²) in [6.45, 7) is 21.5. The Labute approximate surface area is 91.5 Å². The molecular weight excluding hydrogens is 168 g/mol. The van der Waals surface area contributed by atoms with Gasteiger partial charge in [0, 0.05) is 0 Å². The first-order valence-corrected chi connectivity index (χ1v) is 6.08. The molecule has 0 rings (SSSR count). The number of hydrogen-bond acceptors (Lipinski definition) is 0. The van der Waals surface area contributed by atoms with Crippen LogP contribution in [0.4, 0.5) is 0 Å². The zero-order chi connectivity index (χ0) is 11.7. The molecule has 0 atom stereocenters. The lowest BCUT2D eigenvalue weighted by Gasteiger charge is -2.53. The molecule has 0 saturated carbocycles. The highest BCUT2D eigenvalue weighted by Crippen LogP contribution is 2.53. The van der Waals surface area contributed by atoms with E-state index < -0.39 is 0 Å². The van der Waals surface area contributed by atoms with E-state index in [1.807, 2.05) is 0 Å². The Balaban J connectivity index is 5.21. The van der Waals surface area contributed by atoms with Gasteiger partial charge in [0.25, 0.3) is 0 Å². The highest BCUT2D eigenvalue weighted by molar-refractivity contribution is 4.95. The van der Waals surface area contributed by atoms with E-state index in [0.717, 1.165) is 17.8 Å². The van der Waals surface area contributed by atoms with Gasteiger partial charge in [-0.05, 0) is 28.6 Å². The maximum absolute atomic E-state index is 2.46. The third kappa shape index (κ3) is 1.99. The summed E-state index contributed by atoms with van der Waals surface area (Å²) in [5, 5.41) is 0. The standard InChI is InChI=1S/C14H30/c1-10(2)13(7,8)14(9,11(3)4)12(5)6/h10-12H,1-9H3. The Bertz CT molecular complexity index is 164. The molecular formula is C14H30. The van der Waals surface area contributed by atoms with Crippen LogP contribution in [0.3, 0.4) is 0 Å². The van der Waals surface area contributed by atoms with Crippen molar-refractivity contribution in [3.8, 4) is 0 Å². The minimum atomic E-state index is 0.398. The molecule has 0 heteroatoms. The number of hydrogen-bond donors (Lipinski definition) is 0. The Kier molecular flexibility index (Phi) is 4.24. The lowest BCUT2D eigenvalue weighted by molar-refractivity contribution is -0.0443. The zero-order valence-corrected chi connectivity index (χ0v) is 11.7. The van der Waals surface area contributed by atoms with Gasteiger partial charge in [-0.1, -0.05) is 62.3 Å². The Hall–Kier alpha value is 0. The monoisotopic (exact) mass is 198 g/mol. The first kappa shape index (κ1) is 14.0. The van der Waals surface area contributed by atoms with Crippen LogP contribution < -0.4 is 0 Å². The SMILES string of the molecule is CC(C)C(C)(C)C(C)(C(C)C)C(C)C. The molecule has 0 saturated heterocycles. The summed E-state index contributed by atoms with van der Waals surface area (Å²) < 4.78 is 0. The van der Waals surface area contributed by atoms with E-state index in [1.54, 1.807) is 0 Å². The van der Waals surface area contributed by atoms with Crippen molar-refractivity contribution in [1.29, 1.82) is 0 Å². The van der Waals surface area contributed by atoms with Crippen molar-refractivity contribution in [1.82, 2.24) is 0 Å². The van der Waals surface area contributed by atoms with Crippen LogP contribution in [0.5, 0.6) is 0 Å². The van der Waals surface area contributed by atoms with Crippen LogP contribution in [-0.2, 0) is 0 Å². The van der Waals surface area contributed by atoms with Crippen LogP contribution >= 0.6 is 0 Å². The third-order valence-electron chi connectivity index (χ3n) is 5.23. The summed E-state index contributed by atoms with van der Waals surface area (Å²) in [5.74, 6) is 2.21. The topological polar surface area (TPSA) is 0 Å². The third-order valence-corrected chi connectivity index (χ3v) is 5.23. The van der Waals surface area contributed by atoms with Gasteiger partial charge in [0.15, 0.2) is 0 Å². The van der Waals surface area contributed by atoms with Gasteiger partial charge >= 0.3 is 0 Å². The lowest BCUT2D eigenvalue weighted by Crippen LogP contribution is -2.46. The van der Waals surface area contributed by atoms with Crippen molar-refractivity contribution in [2.24, 2.45) is 28.6 Å². The van der Waals surface area contributed by atoms with Gasteiger partial charge in [0.2, 0.25) is 0 Å². The van der Waals surface area contributed by atoms with Crippen molar-refractivity contribution in [2.75, 3.05) is 0 Å². The van der Waals surface area contributed by atoms with E-state index in [-0.39, 0.29) is 0 Å². The predicted octanol–water partition coefficient (Wildman–Crippen LogP) is 4.99. The molecule has 0 N–H and O–H groups in total. The molecule has 0 aliphatic carbocycles. The van der Waals surface area contributed by atoms with Crippen LogP contribution in [0, 0.1) is 28.6 Å². The Morgan fingerprint density at radius 1 is 0.571 bits per heavy atom. The maximum Gasteiger partial charge on any atom is -0.0226 e. The second kappa shape index (κ2) is 4.24. The fraction of sp³-hybridized carbons (Fsp3) is 1.00. The molecule has 0 aromatic heterocycles. The van der Waals surface area contributed by atoms with Gasteiger partial charge in [-0.15, -0.1) is 0 Å². The molecule has 0 amide bonds. The fourth-order valence-corrected chi connectivity index (χ4v) is 2.78. The first-order chi connectivity index (χ1) is 6.08. The van der Waals surface area contributed by atoms with Crippen LogP contribution in [0.2, 0.25) is 0 Å². The zero-order valence-electron chi connectivity index (χ0n) is 11.7. The quantitative estimate of drug-likeness (QED) is 0.597. The molecule has 0 spiro atoms. The highest BCUT2D eigenvalue weighted by atomic mass is 14.5. The summed E-state index contributed by atoms with van der Waals surface area (Å²) in [6.07, 6.45) is 0. The molecule has 0 fully saturated rings. The van der Waals surface area contributed by atoms with Gasteiger partial charge in [-0.3, -0.25) is 0 Å². The Morgan fingerprint density at radius 3 is 0.929 bits per heavy atom. The largest absolute Gasteiger partial charge is 0.0622 e. The van der Waals surface area contributed by atoms with E-state index in [1.165, 1.54) is 0 Å². The van der Waals surface area contributed by atoms with Crippen molar-refractivity contribution in [3.63, 3.8) is 0 Å². The summed E-state index contributed by atoms with van der Waals surface area (Å²) in [4.78, 5) is 0. The molecule has 86 valence electrons. The van der Waals surface area contributed by atoms with E-state index in [0.29, 0.717) is 10.8 Å². The summed E-state index contributed by atoms with van der Waals surface area (Å²) in [7, 11) is 0. The van der Waals surface area contributed by atoms with Crippen molar-refractivity contribution in [3.05, 3.63) is 0 Å². The van der Waals surface area contributed by atoms with Crippen molar-refractivity contribution >= 4 is 0 Å². The molecule has 0 heterocycles. The maximum atomic E-state index is 2.46. The molecule has 0 aliphatic heterocycles. The summed E-state index contributed by atoms with van der Waals surface area (Å²) in [5.41, 5.74) is 0.816. The fourth-order valence-electron chi connectivity index (χ4n) is 2.78. The van der Waals surface area contributed by atoms with Crippen molar-refractivity contribution in [2.45, 2.75) is 62.3 Å². The number of rotatable bonds is 4. The van der Waals surface area contributed by atoms with Crippen LogP contribution in [0.15, 0.2) is 0 Å². The van der Waals surface area contributed by atoms with E-state index in [9.17, 15) is 0 Å². The van der Waals surface area contributed by atoms with Gasteiger partial charge in [0.1, 0.15) is 0 Å². The van der Waals surface area contributed by atoms with E-state index in [4.69, 9.17) is 0 Å². The minimum Gasteiger partial charge on any atom is -0.0622 e. The van der Waals surface area contributed by atoms with Crippen molar-refractivity contribution < 1.29 is 0 Å². The second-order valence-corrected chi connectivity index (χ2v) is 6.47. The molecule has 0 bridgehead atoms. The normalized spacial score (nSPS) is 14.6. The molecule has 14 heavy (non-hydrogen) atoms. The van der Waals surface area contributed by atoms with E-state index >= 15 is 0 Å². The minimum absolute atomic E-state index is 0.398. The van der Waals surface area contributed by atoms with Gasteiger partial charge in [-0.25, -0.2) is 0 Å². The first-order valence-electron chi connectivity index (χ1n) is 6.08. The van der Waals surface area contributed by atoms with E-state index in [2.05, 4.69) is 62.3 Å². The highest BCUT2D eigenvalue weighted by Gasteiger charge is 2.46. The summed E-state index contributed by atoms with van der Waals surface area (Å²) in [6, 6.07) is 0. The average molecular weight is 198 g/mol. The summed E-state index contributed by atoms with van der Waals surface area (Å²) >= 11 is 0. The Morgan fingerprint density at radius 2 is 0.857 bits per heavy atom. The van der Waals surface area contributed by atoms with Crippen LogP contribution in [0.1, 0.15) is 62.3 Å². The second-order valence-electron chi connectivity index (χ2n) is 6.47. The molecule has 0 aliphatic rings. The van der Waals surface area contributed by atoms with Gasteiger partial charge in [0.05, 0.1) is 0 Å². The van der Waals surface area contributed by atoms with Crippen LogP contribution in [-0.4, -0.2) is 0 Å². The average Bonchev–Trinajstić information content (AvgIpc) is 2.01. The smallest absolute Gasteiger partial charge is 0.0226 e. The molecule has 0 aromatic carbocycles. The van der Waals surface area contributed by atoms with Gasteiger partial charge in [-0.2, -0.15) is 0 Å². The van der Waals surface area contributed by atoms with Gasteiger partial charge < -0.3 is 0 Å².